The molecule has 5 rings (SSSR count). The second-order valence-corrected chi connectivity index (χ2v) is 9.19. The van der Waals surface area contributed by atoms with Crippen molar-refractivity contribution in [3.8, 4) is 0 Å². The molecule has 4 atom stereocenters. The van der Waals surface area contributed by atoms with Gasteiger partial charge in [0.15, 0.2) is 0 Å². The number of nitrogens with zero attached hydrogens (tertiary/aromatic N) is 1. The van der Waals surface area contributed by atoms with E-state index in [0.717, 1.165) is 18.4 Å². The summed E-state index contributed by atoms with van der Waals surface area (Å²) in [6.07, 6.45) is 2.62. The van der Waals surface area contributed by atoms with Gasteiger partial charge in [-0.15, -0.1) is 0 Å². The molecule has 0 saturated carbocycles. The predicted molar refractivity (Wildman–Crippen MR) is 123 cm³/mol. The van der Waals surface area contributed by atoms with E-state index in [1.54, 1.807) is 0 Å². The van der Waals surface area contributed by atoms with Gasteiger partial charge in [0.05, 0.1) is 13.2 Å². The van der Waals surface area contributed by atoms with Crippen molar-refractivity contribution < 1.29 is 9.53 Å². The number of fused-ring (bicyclic) bond motifs is 5. The number of carbonyl (C=O) groups excluding carboxylic acids is 1. The minimum atomic E-state index is -0.285. The number of carbonyl (C=O) groups is 1. The number of rotatable bonds is 4. The van der Waals surface area contributed by atoms with Crippen LogP contribution >= 0.6 is 0 Å². The van der Waals surface area contributed by atoms with E-state index >= 15 is 0 Å². The first kappa shape index (κ1) is 20.3. The maximum atomic E-state index is 13.0. The Bertz CT molecular complexity index is 1070. The zero-order valence-corrected chi connectivity index (χ0v) is 18.5. The fourth-order valence-corrected chi connectivity index (χ4v) is 5.75. The zero-order valence-electron chi connectivity index (χ0n) is 18.5. The van der Waals surface area contributed by atoms with Crippen LogP contribution in [0, 0.1) is 0 Å². The van der Waals surface area contributed by atoms with E-state index in [2.05, 4.69) is 83.6 Å². The average Bonchev–Trinajstić information content (AvgIpc) is 3.16. The van der Waals surface area contributed by atoms with Gasteiger partial charge in [0, 0.05) is 41.1 Å². The van der Waals surface area contributed by atoms with E-state index in [0.29, 0.717) is 18.5 Å². The van der Waals surface area contributed by atoms with Crippen LogP contribution in [0.3, 0.4) is 0 Å². The van der Waals surface area contributed by atoms with Crippen molar-refractivity contribution in [2.45, 2.75) is 63.3 Å². The fraction of sp³-hybridized carbons (Fsp3) is 0.423. The lowest BCUT2D eigenvalue weighted by Gasteiger charge is -2.51. The first-order valence-electron chi connectivity index (χ1n) is 11.3. The standard InChI is InChI=1S/C26H31N3O2/c1-16(2)27-18-13-22(17-9-5-4-6-10-17)29-23(14-18)25-20(15-24(29)26(30)31-3)19-11-7-8-12-21(19)28-25/h4-12,16,18,22-24,27-28H,13-15H2,1-3H3/t18-,22+,23-,24+/m1/s1. The molecule has 1 fully saturated rings. The maximum absolute atomic E-state index is 13.0. The summed E-state index contributed by atoms with van der Waals surface area (Å²) in [6, 6.07) is 19.8. The smallest absolute Gasteiger partial charge is 0.323 e. The Hall–Kier alpha value is -2.63. The number of aromatic nitrogens is 1. The minimum Gasteiger partial charge on any atom is -0.468 e. The molecule has 3 heterocycles. The van der Waals surface area contributed by atoms with E-state index in [1.807, 2.05) is 0 Å². The van der Waals surface area contributed by atoms with Crippen LogP contribution in [0.5, 0.6) is 0 Å². The van der Waals surface area contributed by atoms with Crippen molar-refractivity contribution in [2.75, 3.05) is 7.11 Å². The highest BCUT2D eigenvalue weighted by Crippen LogP contribution is 2.48. The van der Waals surface area contributed by atoms with E-state index in [1.165, 1.54) is 29.3 Å². The summed E-state index contributed by atoms with van der Waals surface area (Å²) in [6.45, 7) is 4.41. The van der Waals surface area contributed by atoms with Crippen LogP contribution in [0.25, 0.3) is 10.9 Å². The number of nitrogens with one attached hydrogen (secondary N) is 2. The van der Waals surface area contributed by atoms with Crippen LogP contribution in [0.2, 0.25) is 0 Å². The van der Waals surface area contributed by atoms with E-state index in [-0.39, 0.29) is 24.1 Å². The van der Waals surface area contributed by atoms with Crippen molar-refractivity contribution in [3.63, 3.8) is 0 Å². The van der Waals surface area contributed by atoms with Crippen LogP contribution < -0.4 is 5.32 Å². The molecule has 0 spiro atoms. The minimum absolute atomic E-state index is 0.135. The van der Waals surface area contributed by atoms with Crippen molar-refractivity contribution in [1.82, 2.24) is 15.2 Å². The number of methoxy groups -OCH3 is 1. The number of benzene rings is 2. The molecular weight excluding hydrogens is 386 g/mol. The molecule has 2 N–H and O–H groups in total. The Morgan fingerprint density at radius 1 is 1.06 bits per heavy atom. The summed E-state index contributed by atoms with van der Waals surface area (Å²) in [4.78, 5) is 19.2. The van der Waals surface area contributed by atoms with Gasteiger partial charge in [-0.3, -0.25) is 9.69 Å². The van der Waals surface area contributed by atoms with Gasteiger partial charge in [0.1, 0.15) is 6.04 Å². The van der Waals surface area contributed by atoms with Gasteiger partial charge in [0.25, 0.3) is 0 Å². The normalized spacial score (nSPS) is 25.9. The zero-order chi connectivity index (χ0) is 21.5. The second kappa shape index (κ2) is 8.13. The first-order valence-corrected chi connectivity index (χ1v) is 11.3. The van der Waals surface area contributed by atoms with Gasteiger partial charge < -0.3 is 15.0 Å². The van der Waals surface area contributed by atoms with Crippen molar-refractivity contribution in [3.05, 3.63) is 71.4 Å². The number of hydrogen-bond acceptors (Lipinski definition) is 4. The Labute approximate surface area is 183 Å². The molecule has 0 bridgehead atoms. The highest BCUT2D eigenvalue weighted by atomic mass is 16.5. The molecule has 2 aromatic carbocycles. The number of aromatic amines is 1. The molecule has 0 unspecified atom stereocenters. The van der Waals surface area contributed by atoms with E-state index in [4.69, 9.17) is 4.74 Å². The summed E-state index contributed by atoms with van der Waals surface area (Å²) in [7, 11) is 1.51. The number of piperidine rings is 1. The van der Waals surface area contributed by atoms with Crippen LogP contribution in [0.15, 0.2) is 54.6 Å². The number of para-hydroxylation sites is 1. The Kier molecular flexibility index (Phi) is 5.32. The lowest BCUT2D eigenvalue weighted by Crippen LogP contribution is -2.56. The lowest BCUT2D eigenvalue weighted by atomic mass is 9.79. The van der Waals surface area contributed by atoms with Crippen LogP contribution in [-0.4, -0.2) is 41.1 Å². The largest absolute Gasteiger partial charge is 0.468 e. The SMILES string of the molecule is COC(=O)[C@@H]1Cc2c([nH]c3ccccc23)[C@H]2C[C@H](NC(C)C)C[C@@H](c3ccccc3)N21. The molecule has 31 heavy (non-hydrogen) atoms. The van der Waals surface area contributed by atoms with Gasteiger partial charge in [-0.1, -0.05) is 62.4 Å². The van der Waals surface area contributed by atoms with E-state index in [9.17, 15) is 4.79 Å². The van der Waals surface area contributed by atoms with Crippen molar-refractivity contribution in [2.24, 2.45) is 0 Å². The third-order valence-corrected chi connectivity index (χ3v) is 6.90. The van der Waals surface area contributed by atoms with Gasteiger partial charge in [-0.25, -0.2) is 0 Å². The summed E-state index contributed by atoms with van der Waals surface area (Å²) in [5.41, 5.74) is 4.94. The average molecular weight is 418 g/mol. The number of hydrogen-bond donors (Lipinski definition) is 2. The molecule has 3 aromatic rings. The third-order valence-electron chi connectivity index (χ3n) is 6.90. The maximum Gasteiger partial charge on any atom is 0.323 e. The van der Waals surface area contributed by atoms with Crippen LogP contribution in [0.1, 0.15) is 55.6 Å². The molecule has 0 aliphatic carbocycles. The van der Waals surface area contributed by atoms with Crippen molar-refractivity contribution in [1.29, 1.82) is 0 Å². The molecule has 1 aromatic heterocycles. The van der Waals surface area contributed by atoms with Crippen LogP contribution in [-0.2, 0) is 16.0 Å². The first-order chi connectivity index (χ1) is 15.1. The molecule has 5 nitrogen and oxygen atoms in total. The highest BCUT2D eigenvalue weighted by Gasteiger charge is 2.48. The summed E-state index contributed by atoms with van der Waals surface area (Å²) < 4.78 is 5.31. The summed E-state index contributed by atoms with van der Waals surface area (Å²) in [5, 5.41) is 5.00. The topological polar surface area (TPSA) is 57.4 Å². The third kappa shape index (κ3) is 3.56. The number of H-pyrrole nitrogens is 1. The second-order valence-electron chi connectivity index (χ2n) is 9.19. The molecule has 5 heteroatoms. The molecule has 162 valence electrons. The van der Waals surface area contributed by atoms with Gasteiger partial charge >= 0.3 is 5.97 Å². The van der Waals surface area contributed by atoms with E-state index < -0.39 is 0 Å². The number of ether oxygens (including phenoxy) is 1. The predicted octanol–water partition coefficient (Wildman–Crippen LogP) is 4.51. The quantitative estimate of drug-likeness (QED) is 0.613. The summed E-state index contributed by atoms with van der Waals surface area (Å²) >= 11 is 0. The van der Waals surface area contributed by atoms with Gasteiger partial charge in [-0.05, 0) is 30.0 Å². The van der Waals surface area contributed by atoms with Crippen molar-refractivity contribution >= 4 is 16.9 Å². The monoisotopic (exact) mass is 417 g/mol. The van der Waals surface area contributed by atoms with Gasteiger partial charge in [0.2, 0.25) is 0 Å². The Morgan fingerprint density at radius 3 is 2.52 bits per heavy atom. The summed E-state index contributed by atoms with van der Waals surface area (Å²) in [5.74, 6) is -0.142. The molecule has 0 amide bonds. The molecule has 2 aliphatic heterocycles. The van der Waals surface area contributed by atoms with Crippen LogP contribution in [0.4, 0.5) is 0 Å². The molecule has 2 aliphatic rings. The molecular formula is C26H31N3O2. The molecule has 1 saturated heterocycles. The van der Waals surface area contributed by atoms with Gasteiger partial charge in [-0.2, -0.15) is 0 Å². The Morgan fingerprint density at radius 2 is 1.77 bits per heavy atom. The number of esters is 1. The lowest BCUT2D eigenvalue weighted by molar-refractivity contribution is -0.152. The highest BCUT2D eigenvalue weighted by molar-refractivity contribution is 5.87. The Balaban J connectivity index is 1.66. The fourth-order valence-electron chi connectivity index (χ4n) is 5.75. The molecule has 0 radical (unpaired) electrons.